The first-order valence-electron chi connectivity index (χ1n) is 7.84. The Morgan fingerprint density at radius 2 is 1.72 bits per heavy atom. The van der Waals surface area contributed by atoms with Gasteiger partial charge < -0.3 is 5.32 Å². The molecule has 0 aliphatic carbocycles. The summed E-state index contributed by atoms with van der Waals surface area (Å²) in [6, 6.07) is 14.2. The van der Waals surface area contributed by atoms with Gasteiger partial charge in [0.05, 0.1) is 11.4 Å². The van der Waals surface area contributed by atoms with Gasteiger partial charge in [-0.3, -0.25) is 4.79 Å². The molecule has 1 unspecified atom stereocenters. The number of hydrogen-bond acceptors (Lipinski definition) is 3. The van der Waals surface area contributed by atoms with E-state index in [1.54, 1.807) is 0 Å². The summed E-state index contributed by atoms with van der Waals surface area (Å²) >= 11 is 0. The second-order valence-corrected chi connectivity index (χ2v) is 7.88. The van der Waals surface area contributed by atoms with E-state index >= 15 is 0 Å². The standard InChI is InChI=1S/C18H21FN2O3S/c1-14(15-6-4-3-5-7-15)12-20-18(22)13-21(2)25(23,24)17-10-8-16(19)9-11-17/h3-11,14H,12-13H2,1-2H3,(H,20,22). The third kappa shape index (κ3) is 5.11. The number of carbonyl (C=O) groups is 1. The third-order valence-corrected chi connectivity index (χ3v) is 5.68. The lowest BCUT2D eigenvalue weighted by Gasteiger charge is -2.18. The lowest BCUT2D eigenvalue weighted by Crippen LogP contribution is -2.39. The van der Waals surface area contributed by atoms with Gasteiger partial charge in [-0.2, -0.15) is 4.31 Å². The lowest BCUT2D eigenvalue weighted by atomic mass is 10.0. The summed E-state index contributed by atoms with van der Waals surface area (Å²) in [7, 11) is -2.52. The predicted octanol–water partition coefficient (Wildman–Crippen LogP) is 2.37. The number of carbonyl (C=O) groups excluding carboxylic acids is 1. The number of rotatable bonds is 7. The van der Waals surface area contributed by atoms with Crippen LogP contribution in [0.3, 0.4) is 0 Å². The first kappa shape index (κ1) is 19.1. The van der Waals surface area contributed by atoms with Gasteiger partial charge in [-0.1, -0.05) is 37.3 Å². The van der Waals surface area contributed by atoms with Crippen molar-refractivity contribution >= 4 is 15.9 Å². The number of nitrogens with zero attached hydrogens (tertiary/aromatic N) is 1. The van der Waals surface area contributed by atoms with E-state index in [0.717, 1.165) is 22.0 Å². The summed E-state index contributed by atoms with van der Waals surface area (Å²) in [6.45, 7) is 2.09. The molecule has 0 spiro atoms. The van der Waals surface area contributed by atoms with Crippen LogP contribution in [0.5, 0.6) is 0 Å². The van der Waals surface area contributed by atoms with Crippen molar-refractivity contribution < 1.29 is 17.6 Å². The van der Waals surface area contributed by atoms with Gasteiger partial charge in [0.1, 0.15) is 5.82 Å². The highest BCUT2D eigenvalue weighted by Gasteiger charge is 2.23. The molecule has 0 fully saturated rings. The Balaban J connectivity index is 1.92. The van der Waals surface area contributed by atoms with Gasteiger partial charge >= 0.3 is 0 Å². The van der Waals surface area contributed by atoms with Crippen LogP contribution in [0.25, 0.3) is 0 Å². The molecule has 2 aromatic carbocycles. The molecular formula is C18H21FN2O3S. The molecule has 0 radical (unpaired) electrons. The van der Waals surface area contributed by atoms with Crippen molar-refractivity contribution in [1.29, 1.82) is 0 Å². The third-order valence-electron chi connectivity index (χ3n) is 3.86. The molecule has 134 valence electrons. The van der Waals surface area contributed by atoms with Crippen LogP contribution in [0.1, 0.15) is 18.4 Å². The second kappa shape index (κ2) is 8.22. The molecule has 1 N–H and O–H groups in total. The number of benzene rings is 2. The summed E-state index contributed by atoms with van der Waals surface area (Å²) in [5.41, 5.74) is 1.09. The number of hydrogen-bond donors (Lipinski definition) is 1. The number of amides is 1. The molecule has 1 atom stereocenters. The van der Waals surface area contributed by atoms with Gasteiger partial charge in [0.25, 0.3) is 0 Å². The van der Waals surface area contributed by atoms with E-state index < -0.39 is 21.7 Å². The fourth-order valence-corrected chi connectivity index (χ4v) is 3.42. The minimum atomic E-state index is -3.84. The first-order valence-corrected chi connectivity index (χ1v) is 9.28. The molecule has 5 nitrogen and oxygen atoms in total. The quantitative estimate of drug-likeness (QED) is 0.820. The van der Waals surface area contributed by atoms with Gasteiger partial charge in [-0.05, 0) is 35.7 Å². The zero-order chi connectivity index (χ0) is 18.4. The molecule has 1 amide bonds. The van der Waals surface area contributed by atoms with E-state index in [1.165, 1.54) is 19.2 Å². The number of sulfonamides is 1. The van der Waals surface area contributed by atoms with Crippen molar-refractivity contribution in [2.24, 2.45) is 0 Å². The summed E-state index contributed by atoms with van der Waals surface area (Å²) < 4.78 is 38.6. The van der Waals surface area contributed by atoms with E-state index in [4.69, 9.17) is 0 Å². The predicted molar refractivity (Wildman–Crippen MR) is 94.1 cm³/mol. The Morgan fingerprint density at radius 1 is 1.12 bits per heavy atom. The smallest absolute Gasteiger partial charge is 0.243 e. The highest BCUT2D eigenvalue weighted by atomic mass is 32.2. The molecule has 0 heterocycles. The van der Waals surface area contributed by atoms with Gasteiger partial charge in [-0.15, -0.1) is 0 Å². The highest BCUT2D eigenvalue weighted by Crippen LogP contribution is 2.15. The van der Waals surface area contributed by atoms with E-state index in [1.807, 2.05) is 37.3 Å². The van der Waals surface area contributed by atoms with Crippen molar-refractivity contribution in [2.75, 3.05) is 20.1 Å². The fourth-order valence-electron chi connectivity index (χ4n) is 2.30. The fraction of sp³-hybridized carbons (Fsp3) is 0.278. The molecular weight excluding hydrogens is 343 g/mol. The van der Waals surface area contributed by atoms with Gasteiger partial charge in [0, 0.05) is 13.6 Å². The topological polar surface area (TPSA) is 66.5 Å². The van der Waals surface area contributed by atoms with Crippen LogP contribution in [0.15, 0.2) is 59.5 Å². The molecule has 2 rings (SSSR count). The summed E-state index contributed by atoms with van der Waals surface area (Å²) in [5.74, 6) is -0.797. The average molecular weight is 364 g/mol. The lowest BCUT2D eigenvalue weighted by molar-refractivity contribution is -0.121. The molecule has 0 aliphatic heterocycles. The van der Waals surface area contributed by atoms with Gasteiger partial charge in [0.15, 0.2) is 0 Å². The van der Waals surface area contributed by atoms with Crippen LogP contribution in [-0.4, -0.2) is 38.8 Å². The summed E-state index contributed by atoms with van der Waals surface area (Å²) in [4.78, 5) is 12.0. The maximum Gasteiger partial charge on any atom is 0.243 e. The second-order valence-electron chi connectivity index (χ2n) is 5.83. The number of likely N-dealkylation sites (N-methyl/N-ethyl adjacent to an activating group) is 1. The average Bonchev–Trinajstić information content (AvgIpc) is 2.60. The maximum atomic E-state index is 12.9. The Bertz CT molecular complexity index is 808. The zero-order valence-electron chi connectivity index (χ0n) is 14.1. The van der Waals surface area contributed by atoms with Crippen molar-refractivity contribution in [1.82, 2.24) is 9.62 Å². The SMILES string of the molecule is CC(CNC(=O)CN(C)S(=O)(=O)c1ccc(F)cc1)c1ccccc1. The summed E-state index contributed by atoms with van der Waals surface area (Å²) in [6.07, 6.45) is 0. The molecule has 7 heteroatoms. The van der Waals surface area contributed by atoms with Crippen LogP contribution < -0.4 is 5.32 Å². The van der Waals surface area contributed by atoms with Gasteiger partial charge in [-0.25, -0.2) is 12.8 Å². The Labute approximate surface area is 147 Å². The van der Waals surface area contributed by atoms with E-state index in [9.17, 15) is 17.6 Å². The number of halogens is 1. The molecule has 0 saturated carbocycles. The van der Waals surface area contributed by atoms with Crippen LogP contribution in [0.4, 0.5) is 4.39 Å². The first-order chi connectivity index (χ1) is 11.8. The molecule has 0 bridgehead atoms. The highest BCUT2D eigenvalue weighted by molar-refractivity contribution is 7.89. The monoisotopic (exact) mass is 364 g/mol. The minimum Gasteiger partial charge on any atom is -0.354 e. The van der Waals surface area contributed by atoms with Crippen molar-refractivity contribution in [2.45, 2.75) is 17.7 Å². The summed E-state index contributed by atoms with van der Waals surface area (Å²) in [5, 5.41) is 2.74. The molecule has 25 heavy (non-hydrogen) atoms. The van der Waals surface area contributed by atoms with Crippen LogP contribution >= 0.6 is 0 Å². The molecule has 0 aromatic heterocycles. The van der Waals surface area contributed by atoms with Crippen LogP contribution in [-0.2, 0) is 14.8 Å². The minimum absolute atomic E-state index is 0.0538. The number of nitrogens with one attached hydrogen (secondary N) is 1. The Kier molecular flexibility index (Phi) is 6.27. The molecule has 0 saturated heterocycles. The van der Waals surface area contributed by atoms with Crippen molar-refractivity contribution in [3.05, 3.63) is 66.0 Å². The van der Waals surface area contributed by atoms with Crippen molar-refractivity contribution in [3.8, 4) is 0 Å². The van der Waals surface area contributed by atoms with Crippen molar-refractivity contribution in [3.63, 3.8) is 0 Å². The Morgan fingerprint density at radius 3 is 2.32 bits per heavy atom. The van der Waals surface area contributed by atoms with E-state index in [2.05, 4.69) is 5.32 Å². The van der Waals surface area contributed by atoms with Crippen LogP contribution in [0.2, 0.25) is 0 Å². The van der Waals surface area contributed by atoms with Crippen LogP contribution in [0, 0.1) is 5.82 Å². The largest absolute Gasteiger partial charge is 0.354 e. The Hall–Kier alpha value is -2.25. The maximum absolute atomic E-state index is 12.9. The van der Waals surface area contributed by atoms with Gasteiger partial charge in [0.2, 0.25) is 15.9 Å². The van der Waals surface area contributed by atoms with E-state index in [0.29, 0.717) is 6.54 Å². The molecule has 0 aliphatic rings. The van der Waals surface area contributed by atoms with E-state index in [-0.39, 0.29) is 17.4 Å². The zero-order valence-corrected chi connectivity index (χ0v) is 15.0. The molecule has 2 aromatic rings. The normalized spacial score (nSPS) is 12.8.